The Bertz CT molecular complexity index is 1300. The van der Waals surface area contributed by atoms with Gasteiger partial charge in [-0.1, -0.05) is 17.7 Å². The van der Waals surface area contributed by atoms with Crippen LogP contribution >= 0.6 is 0 Å². The summed E-state index contributed by atoms with van der Waals surface area (Å²) in [7, 11) is 0. The van der Waals surface area contributed by atoms with Crippen molar-refractivity contribution in [3.8, 4) is 34.6 Å². The SMILES string of the molecule is CCOc1nc(-c2ccc3c(c2)OCO3)n(-c2ccc(NC(=O)c3ccc(C)cc3)cc2)n1. The Labute approximate surface area is 190 Å². The molecule has 166 valence electrons. The van der Waals surface area contributed by atoms with Crippen molar-refractivity contribution in [3.63, 3.8) is 0 Å². The Morgan fingerprint density at radius 1 is 1.03 bits per heavy atom. The van der Waals surface area contributed by atoms with Crippen LogP contribution in [-0.4, -0.2) is 34.1 Å². The second kappa shape index (κ2) is 8.66. The first-order valence-corrected chi connectivity index (χ1v) is 10.6. The predicted molar refractivity (Wildman–Crippen MR) is 123 cm³/mol. The highest BCUT2D eigenvalue weighted by molar-refractivity contribution is 6.04. The lowest BCUT2D eigenvalue weighted by atomic mass is 10.1. The third kappa shape index (κ3) is 4.23. The summed E-state index contributed by atoms with van der Waals surface area (Å²) in [4.78, 5) is 17.1. The average molecular weight is 442 g/mol. The molecule has 0 saturated heterocycles. The van der Waals surface area contributed by atoms with Crippen molar-refractivity contribution in [2.45, 2.75) is 13.8 Å². The van der Waals surface area contributed by atoms with Gasteiger partial charge in [-0.2, -0.15) is 4.98 Å². The van der Waals surface area contributed by atoms with Crippen LogP contribution < -0.4 is 19.5 Å². The third-order valence-electron chi connectivity index (χ3n) is 5.18. The molecule has 8 heteroatoms. The number of hydrogen-bond acceptors (Lipinski definition) is 6. The zero-order chi connectivity index (χ0) is 22.8. The van der Waals surface area contributed by atoms with Gasteiger partial charge in [0.15, 0.2) is 17.3 Å². The van der Waals surface area contributed by atoms with Gasteiger partial charge in [-0.25, -0.2) is 4.68 Å². The van der Waals surface area contributed by atoms with E-state index in [4.69, 9.17) is 14.2 Å². The fourth-order valence-corrected chi connectivity index (χ4v) is 3.48. The number of nitrogens with one attached hydrogen (secondary N) is 1. The second-order valence-corrected chi connectivity index (χ2v) is 7.50. The van der Waals surface area contributed by atoms with Crippen molar-refractivity contribution in [1.29, 1.82) is 0 Å². The summed E-state index contributed by atoms with van der Waals surface area (Å²) < 4.78 is 18.2. The van der Waals surface area contributed by atoms with Crippen LogP contribution in [0.25, 0.3) is 17.1 Å². The zero-order valence-electron chi connectivity index (χ0n) is 18.2. The minimum Gasteiger partial charge on any atom is -0.463 e. The Balaban J connectivity index is 1.43. The minimum absolute atomic E-state index is 0.164. The fraction of sp³-hybridized carbons (Fsp3) is 0.160. The van der Waals surface area contributed by atoms with Crippen LogP contribution in [0.4, 0.5) is 5.69 Å². The van der Waals surface area contributed by atoms with E-state index in [2.05, 4.69) is 15.4 Å². The molecular weight excluding hydrogens is 420 g/mol. The quantitative estimate of drug-likeness (QED) is 0.469. The summed E-state index contributed by atoms with van der Waals surface area (Å²) in [6, 6.07) is 20.7. The normalized spacial score (nSPS) is 11.9. The van der Waals surface area contributed by atoms with Gasteiger partial charge in [0.2, 0.25) is 6.79 Å². The molecule has 0 spiro atoms. The fourth-order valence-electron chi connectivity index (χ4n) is 3.48. The number of amides is 1. The molecule has 8 nitrogen and oxygen atoms in total. The summed E-state index contributed by atoms with van der Waals surface area (Å²) in [5.74, 6) is 1.80. The van der Waals surface area contributed by atoms with Gasteiger partial charge in [0, 0.05) is 16.8 Å². The van der Waals surface area contributed by atoms with Crippen LogP contribution in [0.2, 0.25) is 0 Å². The second-order valence-electron chi connectivity index (χ2n) is 7.50. The summed E-state index contributed by atoms with van der Waals surface area (Å²) in [6.07, 6.45) is 0. The van der Waals surface area contributed by atoms with Crippen LogP contribution in [0.1, 0.15) is 22.8 Å². The van der Waals surface area contributed by atoms with E-state index >= 15 is 0 Å². The van der Waals surface area contributed by atoms with Crippen LogP contribution in [0.3, 0.4) is 0 Å². The topological polar surface area (TPSA) is 87.5 Å². The Hall–Kier alpha value is -4.33. The number of aryl methyl sites for hydroxylation is 1. The number of anilines is 1. The van der Waals surface area contributed by atoms with Crippen molar-refractivity contribution >= 4 is 11.6 Å². The van der Waals surface area contributed by atoms with Crippen LogP contribution in [0, 0.1) is 6.92 Å². The number of fused-ring (bicyclic) bond motifs is 1. The number of carbonyl (C=O) groups is 1. The first-order valence-electron chi connectivity index (χ1n) is 10.6. The van der Waals surface area contributed by atoms with Gasteiger partial charge in [0.1, 0.15) is 0 Å². The van der Waals surface area contributed by atoms with E-state index in [0.717, 1.165) is 16.8 Å². The highest BCUT2D eigenvalue weighted by Gasteiger charge is 2.19. The number of rotatable bonds is 6. The highest BCUT2D eigenvalue weighted by atomic mass is 16.7. The lowest BCUT2D eigenvalue weighted by Gasteiger charge is -2.09. The average Bonchev–Trinajstić information content (AvgIpc) is 3.47. The standard InChI is InChI=1S/C25H22N4O4/c1-3-31-25-27-23(18-8-13-21-22(14-18)33-15-32-21)29(28-25)20-11-9-19(10-12-20)26-24(30)17-6-4-16(2)5-7-17/h4-14H,3,15H2,1-2H3,(H,26,30). The molecule has 1 aromatic heterocycles. The molecule has 0 unspecified atom stereocenters. The van der Waals surface area contributed by atoms with Crippen LogP contribution in [-0.2, 0) is 0 Å². The Morgan fingerprint density at radius 2 is 1.79 bits per heavy atom. The van der Waals surface area contributed by atoms with E-state index < -0.39 is 0 Å². The monoisotopic (exact) mass is 442 g/mol. The van der Waals surface area contributed by atoms with Crippen molar-refractivity contribution in [3.05, 3.63) is 77.9 Å². The Kier molecular flexibility index (Phi) is 5.40. The molecule has 1 N–H and O–H groups in total. The van der Waals surface area contributed by atoms with Gasteiger partial charge in [-0.15, -0.1) is 5.10 Å². The maximum Gasteiger partial charge on any atom is 0.336 e. The van der Waals surface area contributed by atoms with Crippen molar-refractivity contribution in [1.82, 2.24) is 14.8 Å². The summed E-state index contributed by atoms with van der Waals surface area (Å²) in [5.41, 5.74) is 3.98. The molecule has 0 radical (unpaired) electrons. The van der Waals surface area contributed by atoms with Gasteiger partial charge in [0.05, 0.1) is 12.3 Å². The lowest BCUT2D eigenvalue weighted by molar-refractivity contribution is 0.102. The van der Waals surface area contributed by atoms with Gasteiger partial charge >= 0.3 is 6.01 Å². The minimum atomic E-state index is -0.164. The van der Waals surface area contributed by atoms with E-state index in [-0.39, 0.29) is 18.7 Å². The van der Waals surface area contributed by atoms with Crippen LogP contribution in [0.5, 0.6) is 17.5 Å². The number of benzene rings is 3. The first-order chi connectivity index (χ1) is 16.1. The third-order valence-corrected chi connectivity index (χ3v) is 5.18. The molecule has 1 amide bonds. The van der Waals surface area contributed by atoms with Crippen molar-refractivity contribution < 1.29 is 19.0 Å². The molecule has 2 heterocycles. The number of hydrogen-bond donors (Lipinski definition) is 1. The Morgan fingerprint density at radius 3 is 2.55 bits per heavy atom. The molecule has 1 aliphatic heterocycles. The lowest BCUT2D eigenvalue weighted by Crippen LogP contribution is -2.11. The predicted octanol–water partition coefficient (Wildman–Crippen LogP) is 4.62. The summed E-state index contributed by atoms with van der Waals surface area (Å²) >= 11 is 0. The number of aromatic nitrogens is 3. The maximum atomic E-state index is 12.5. The largest absolute Gasteiger partial charge is 0.463 e. The van der Waals surface area contributed by atoms with E-state index in [0.29, 0.717) is 35.2 Å². The van der Waals surface area contributed by atoms with Gasteiger partial charge in [0.25, 0.3) is 5.91 Å². The van der Waals surface area contributed by atoms with Gasteiger partial charge < -0.3 is 19.5 Å². The number of ether oxygens (including phenoxy) is 3. The smallest absolute Gasteiger partial charge is 0.336 e. The van der Waals surface area contributed by atoms with Gasteiger partial charge in [-0.3, -0.25) is 4.79 Å². The molecule has 5 rings (SSSR count). The van der Waals surface area contributed by atoms with Crippen LogP contribution in [0.15, 0.2) is 66.7 Å². The molecule has 3 aromatic carbocycles. The number of nitrogens with zero attached hydrogens (tertiary/aromatic N) is 3. The van der Waals surface area contributed by atoms with Crippen molar-refractivity contribution in [2.24, 2.45) is 0 Å². The van der Waals surface area contributed by atoms with E-state index in [9.17, 15) is 4.79 Å². The molecule has 0 aliphatic carbocycles. The summed E-state index contributed by atoms with van der Waals surface area (Å²) in [6.45, 7) is 4.52. The highest BCUT2D eigenvalue weighted by Crippen LogP contribution is 2.36. The van der Waals surface area contributed by atoms with E-state index in [1.807, 2.05) is 68.4 Å². The first kappa shape index (κ1) is 20.6. The van der Waals surface area contributed by atoms with Gasteiger partial charge in [-0.05, 0) is 68.4 Å². The van der Waals surface area contributed by atoms with E-state index in [1.165, 1.54) is 0 Å². The summed E-state index contributed by atoms with van der Waals surface area (Å²) in [5, 5.41) is 7.43. The molecular formula is C25H22N4O4. The number of carbonyl (C=O) groups excluding carboxylic acids is 1. The molecule has 1 aliphatic rings. The molecule has 33 heavy (non-hydrogen) atoms. The maximum absolute atomic E-state index is 12.5. The van der Waals surface area contributed by atoms with Crippen molar-refractivity contribution in [2.75, 3.05) is 18.7 Å². The molecule has 0 atom stereocenters. The molecule has 0 saturated carbocycles. The molecule has 0 bridgehead atoms. The zero-order valence-corrected chi connectivity index (χ0v) is 18.2. The van der Waals surface area contributed by atoms with E-state index in [1.54, 1.807) is 16.8 Å². The molecule has 4 aromatic rings. The molecule has 0 fully saturated rings.